The van der Waals surface area contributed by atoms with Crippen LogP contribution in [-0.2, 0) is 4.74 Å². The van der Waals surface area contributed by atoms with E-state index in [4.69, 9.17) is 11.6 Å². The van der Waals surface area contributed by atoms with Gasteiger partial charge < -0.3 is 4.74 Å². The highest BCUT2D eigenvalue weighted by Gasteiger charge is 2.14. The number of alkyl halides is 1. The number of esters is 1. The van der Waals surface area contributed by atoms with Crippen molar-refractivity contribution in [2.45, 2.75) is 11.8 Å². The summed E-state index contributed by atoms with van der Waals surface area (Å²) in [5.41, 5.74) is 1.38. The highest BCUT2D eigenvalue weighted by Crippen LogP contribution is 2.28. The SMILES string of the molecule is COC(=O)c1ccc(Cl)cc1C(C)Br. The van der Waals surface area contributed by atoms with Crippen molar-refractivity contribution in [3.63, 3.8) is 0 Å². The van der Waals surface area contributed by atoms with Gasteiger partial charge >= 0.3 is 5.97 Å². The Balaban J connectivity index is 3.21. The second-order valence-electron chi connectivity index (χ2n) is 2.84. The van der Waals surface area contributed by atoms with Crippen molar-refractivity contribution in [1.82, 2.24) is 0 Å². The van der Waals surface area contributed by atoms with Crippen LogP contribution in [0, 0.1) is 0 Å². The van der Waals surface area contributed by atoms with E-state index in [0.717, 1.165) is 5.56 Å². The van der Waals surface area contributed by atoms with E-state index < -0.39 is 0 Å². The number of carbonyl (C=O) groups excluding carboxylic acids is 1. The van der Waals surface area contributed by atoms with Crippen LogP contribution < -0.4 is 0 Å². The predicted octanol–water partition coefficient (Wildman–Crippen LogP) is 3.58. The third-order valence-electron chi connectivity index (χ3n) is 1.85. The smallest absolute Gasteiger partial charge is 0.338 e. The lowest BCUT2D eigenvalue weighted by Crippen LogP contribution is -2.05. The molecule has 14 heavy (non-hydrogen) atoms. The van der Waals surface area contributed by atoms with E-state index in [1.807, 2.05) is 6.92 Å². The van der Waals surface area contributed by atoms with Gasteiger partial charge in [0.2, 0.25) is 0 Å². The maximum atomic E-state index is 11.4. The molecule has 76 valence electrons. The first-order valence-corrected chi connectivity index (χ1v) is 5.37. The van der Waals surface area contributed by atoms with Crippen LogP contribution in [0.2, 0.25) is 5.02 Å². The molecule has 1 aromatic carbocycles. The van der Waals surface area contributed by atoms with Gasteiger partial charge in [0.15, 0.2) is 0 Å². The van der Waals surface area contributed by atoms with Gasteiger partial charge in [-0.2, -0.15) is 0 Å². The quantitative estimate of drug-likeness (QED) is 0.610. The van der Waals surface area contributed by atoms with Gasteiger partial charge in [-0.3, -0.25) is 0 Å². The normalized spacial score (nSPS) is 12.3. The molecule has 0 saturated carbocycles. The highest BCUT2D eigenvalue weighted by atomic mass is 79.9. The molecule has 0 aliphatic carbocycles. The van der Waals surface area contributed by atoms with Gasteiger partial charge in [0.05, 0.1) is 12.7 Å². The number of hydrogen-bond acceptors (Lipinski definition) is 2. The molecule has 0 aliphatic heterocycles. The first-order valence-electron chi connectivity index (χ1n) is 4.08. The molecule has 2 nitrogen and oxygen atoms in total. The number of carbonyl (C=O) groups is 1. The average Bonchev–Trinajstić information content (AvgIpc) is 2.16. The largest absolute Gasteiger partial charge is 0.465 e. The van der Waals surface area contributed by atoms with Crippen molar-refractivity contribution in [3.05, 3.63) is 34.3 Å². The zero-order valence-electron chi connectivity index (χ0n) is 7.88. The van der Waals surface area contributed by atoms with Crippen molar-refractivity contribution in [2.75, 3.05) is 7.11 Å². The number of halogens is 2. The fourth-order valence-corrected chi connectivity index (χ4v) is 1.72. The molecular weight excluding hydrogens is 267 g/mol. The fraction of sp³-hybridized carbons (Fsp3) is 0.300. The standard InChI is InChI=1S/C10H10BrClO2/c1-6(11)9-5-7(12)3-4-8(9)10(13)14-2/h3-6H,1-2H3. The van der Waals surface area contributed by atoms with Crippen molar-refractivity contribution in [3.8, 4) is 0 Å². The Morgan fingerprint density at radius 3 is 2.71 bits per heavy atom. The van der Waals surface area contributed by atoms with Crippen LogP contribution in [0.25, 0.3) is 0 Å². The highest BCUT2D eigenvalue weighted by molar-refractivity contribution is 9.09. The van der Waals surface area contributed by atoms with Crippen molar-refractivity contribution >= 4 is 33.5 Å². The van der Waals surface area contributed by atoms with Gasteiger partial charge in [-0.15, -0.1) is 0 Å². The molecule has 0 N–H and O–H groups in total. The van der Waals surface area contributed by atoms with Crippen LogP contribution in [0.4, 0.5) is 0 Å². The molecule has 1 aromatic rings. The van der Waals surface area contributed by atoms with Crippen LogP contribution in [0.15, 0.2) is 18.2 Å². The predicted molar refractivity (Wildman–Crippen MR) is 60.1 cm³/mol. The molecule has 0 heterocycles. The summed E-state index contributed by atoms with van der Waals surface area (Å²) in [5.74, 6) is -0.344. The summed E-state index contributed by atoms with van der Waals surface area (Å²) in [7, 11) is 1.36. The Labute approximate surface area is 96.3 Å². The number of hydrogen-bond donors (Lipinski definition) is 0. The number of ether oxygens (including phenoxy) is 1. The average molecular weight is 278 g/mol. The molecule has 0 radical (unpaired) electrons. The third kappa shape index (κ3) is 2.49. The number of benzene rings is 1. The lowest BCUT2D eigenvalue weighted by atomic mass is 10.1. The molecule has 0 fully saturated rings. The van der Waals surface area contributed by atoms with E-state index >= 15 is 0 Å². The van der Waals surface area contributed by atoms with Gasteiger partial charge in [0.1, 0.15) is 0 Å². The molecule has 1 rings (SSSR count). The molecule has 4 heteroatoms. The fourth-order valence-electron chi connectivity index (χ4n) is 1.16. The Bertz CT molecular complexity index is 350. The van der Waals surface area contributed by atoms with Crippen LogP contribution in [0.5, 0.6) is 0 Å². The molecule has 0 aromatic heterocycles. The molecule has 0 saturated heterocycles. The van der Waals surface area contributed by atoms with Crippen molar-refractivity contribution in [2.24, 2.45) is 0 Å². The Morgan fingerprint density at radius 2 is 2.21 bits per heavy atom. The molecule has 1 unspecified atom stereocenters. The second-order valence-corrected chi connectivity index (χ2v) is 4.65. The molecule has 0 aliphatic rings. The van der Waals surface area contributed by atoms with E-state index in [-0.39, 0.29) is 10.8 Å². The molecule has 0 amide bonds. The van der Waals surface area contributed by atoms with E-state index in [9.17, 15) is 4.79 Å². The Morgan fingerprint density at radius 1 is 1.57 bits per heavy atom. The van der Waals surface area contributed by atoms with Crippen LogP contribution in [-0.4, -0.2) is 13.1 Å². The summed E-state index contributed by atoms with van der Waals surface area (Å²) in [6.45, 7) is 1.93. The van der Waals surface area contributed by atoms with Gasteiger partial charge in [-0.1, -0.05) is 27.5 Å². The minimum absolute atomic E-state index is 0.0651. The lowest BCUT2D eigenvalue weighted by molar-refractivity contribution is 0.0599. The summed E-state index contributed by atoms with van der Waals surface area (Å²) in [6, 6.07) is 5.10. The zero-order valence-corrected chi connectivity index (χ0v) is 10.2. The van der Waals surface area contributed by atoms with E-state index in [2.05, 4.69) is 20.7 Å². The lowest BCUT2D eigenvalue weighted by Gasteiger charge is -2.09. The summed E-state index contributed by atoms with van der Waals surface area (Å²) >= 11 is 9.23. The topological polar surface area (TPSA) is 26.3 Å². The summed E-state index contributed by atoms with van der Waals surface area (Å²) in [6.07, 6.45) is 0. The maximum absolute atomic E-state index is 11.4. The molecule has 0 spiro atoms. The Hall–Kier alpha value is -0.540. The zero-order chi connectivity index (χ0) is 10.7. The minimum atomic E-state index is -0.344. The van der Waals surface area contributed by atoms with Crippen molar-refractivity contribution in [1.29, 1.82) is 0 Å². The molecule has 0 bridgehead atoms. The number of rotatable bonds is 2. The van der Waals surface area contributed by atoms with E-state index in [1.54, 1.807) is 18.2 Å². The van der Waals surface area contributed by atoms with Crippen LogP contribution in [0.1, 0.15) is 27.7 Å². The van der Waals surface area contributed by atoms with E-state index in [0.29, 0.717) is 10.6 Å². The van der Waals surface area contributed by atoms with E-state index in [1.165, 1.54) is 7.11 Å². The van der Waals surface area contributed by atoms with Gasteiger partial charge in [-0.05, 0) is 30.7 Å². The molecular formula is C10H10BrClO2. The summed E-state index contributed by atoms with van der Waals surface area (Å²) < 4.78 is 4.66. The first kappa shape index (κ1) is 11.5. The maximum Gasteiger partial charge on any atom is 0.338 e. The Kier molecular flexibility index (Phi) is 3.96. The van der Waals surface area contributed by atoms with Crippen LogP contribution in [0.3, 0.4) is 0 Å². The first-order chi connectivity index (χ1) is 6.56. The second kappa shape index (κ2) is 4.80. The van der Waals surface area contributed by atoms with Crippen molar-refractivity contribution < 1.29 is 9.53 Å². The summed E-state index contributed by atoms with van der Waals surface area (Å²) in [5, 5.41) is 0.610. The minimum Gasteiger partial charge on any atom is -0.465 e. The monoisotopic (exact) mass is 276 g/mol. The number of methoxy groups -OCH3 is 1. The van der Waals surface area contributed by atoms with Crippen LogP contribution >= 0.6 is 27.5 Å². The van der Waals surface area contributed by atoms with Gasteiger partial charge in [0.25, 0.3) is 0 Å². The summed E-state index contributed by atoms with van der Waals surface area (Å²) in [4.78, 5) is 11.4. The van der Waals surface area contributed by atoms with Gasteiger partial charge in [0, 0.05) is 9.85 Å². The van der Waals surface area contributed by atoms with Gasteiger partial charge in [-0.25, -0.2) is 4.79 Å². The molecule has 1 atom stereocenters. The third-order valence-corrected chi connectivity index (χ3v) is 2.58.